The minimum atomic E-state index is -1.11. The lowest BCUT2D eigenvalue weighted by molar-refractivity contribution is -0.146. The first-order valence-electron chi connectivity index (χ1n) is 15.9. The monoisotopic (exact) mass is 616 g/mol. The highest BCUT2D eigenvalue weighted by Gasteiger charge is 2.32. The molecule has 0 radical (unpaired) electrons. The van der Waals surface area contributed by atoms with Crippen LogP contribution in [-0.4, -0.2) is 38.7 Å². The van der Waals surface area contributed by atoms with Crippen LogP contribution in [0, 0.1) is 5.82 Å². The summed E-state index contributed by atoms with van der Waals surface area (Å²) in [6, 6.07) is 14.5. The van der Waals surface area contributed by atoms with Gasteiger partial charge in [-0.05, 0) is 86.8 Å². The van der Waals surface area contributed by atoms with E-state index in [9.17, 15) is 24.2 Å². The van der Waals surface area contributed by atoms with Crippen LogP contribution in [0.15, 0.2) is 72.8 Å². The Bertz CT molecular complexity index is 1520. The average molecular weight is 617 g/mol. The molecular weight excluding hydrogens is 571 g/mol. The van der Waals surface area contributed by atoms with Crippen LogP contribution in [0.4, 0.5) is 4.39 Å². The predicted octanol–water partition coefficient (Wildman–Crippen LogP) is 6.70. The number of aromatic nitrogens is 1. The number of nitrogens with two attached hydrogens (primary N) is 1. The highest BCUT2D eigenvalue weighted by Crippen LogP contribution is 2.43. The summed E-state index contributed by atoms with van der Waals surface area (Å²) in [6.45, 7) is 6.20. The number of allylic oxidation sites excluding steroid dienone is 4. The van der Waals surface area contributed by atoms with Gasteiger partial charge in [-0.1, -0.05) is 67.6 Å². The molecule has 0 spiro atoms. The van der Waals surface area contributed by atoms with Crippen molar-refractivity contribution >= 4 is 11.8 Å². The fourth-order valence-corrected chi connectivity index (χ4v) is 6.43. The third-order valence-electron chi connectivity index (χ3n) is 8.52. The smallest absolute Gasteiger partial charge is 0.327 e. The largest absolute Gasteiger partial charge is 0.393 e. The van der Waals surface area contributed by atoms with E-state index in [-0.39, 0.29) is 42.8 Å². The van der Waals surface area contributed by atoms with Gasteiger partial charge in [0.25, 0.3) is 0 Å². The van der Waals surface area contributed by atoms with Crippen molar-refractivity contribution in [2.45, 2.75) is 96.3 Å². The van der Waals surface area contributed by atoms with E-state index in [2.05, 4.69) is 40.6 Å². The Balaban J connectivity index is 1.81. The minimum Gasteiger partial charge on any atom is -0.393 e. The number of hydrogen-bond donors (Lipinski definition) is 3. The van der Waals surface area contributed by atoms with Gasteiger partial charge in [0.1, 0.15) is 5.82 Å². The Morgan fingerprint density at radius 2 is 1.73 bits per heavy atom. The van der Waals surface area contributed by atoms with Gasteiger partial charge in [0.2, 0.25) is 0 Å². The fraction of sp³-hybridized carbons (Fsp3) is 0.405. The lowest BCUT2D eigenvalue weighted by atomic mass is 9.85. The fourth-order valence-electron chi connectivity index (χ4n) is 6.43. The molecule has 3 aromatic rings. The van der Waals surface area contributed by atoms with Gasteiger partial charge in [-0.2, -0.15) is 5.90 Å². The van der Waals surface area contributed by atoms with Crippen LogP contribution in [0.1, 0.15) is 97.7 Å². The number of aliphatic hydroxyl groups excluding tert-OH is 2. The van der Waals surface area contributed by atoms with E-state index >= 15 is 0 Å². The summed E-state index contributed by atoms with van der Waals surface area (Å²) in [7, 11) is 0. The Morgan fingerprint density at radius 1 is 1.02 bits per heavy atom. The number of Topliss-reactive ketones (excluding diaryl/α,β-unsaturated/α-hetero) is 1. The molecule has 1 aromatic heterocycles. The van der Waals surface area contributed by atoms with Crippen LogP contribution in [0.3, 0.4) is 0 Å². The maximum atomic E-state index is 14.4. The number of aryl methyl sites for hydroxylation is 2. The first-order valence-corrected chi connectivity index (χ1v) is 15.9. The number of carbonyl (C=O) groups excluding carboxylic acids is 2. The van der Waals surface area contributed by atoms with Gasteiger partial charge in [-0.25, -0.2) is 4.39 Å². The van der Waals surface area contributed by atoms with E-state index in [4.69, 9.17) is 5.90 Å². The molecule has 0 amide bonds. The molecule has 0 bridgehead atoms. The van der Waals surface area contributed by atoms with Crippen molar-refractivity contribution in [3.63, 3.8) is 0 Å². The molecule has 0 aliphatic heterocycles. The quantitative estimate of drug-likeness (QED) is 0.129. The lowest BCUT2D eigenvalue weighted by Crippen LogP contribution is -2.24. The van der Waals surface area contributed by atoms with E-state index in [0.29, 0.717) is 25.0 Å². The first kappa shape index (κ1) is 34.0. The topological polar surface area (TPSA) is 115 Å². The van der Waals surface area contributed by atoms with Crippen LogP contribution in [0.2, 0.25) is 0 Å². The van der Waals surface area contributed by atoms with Gasteiger partial charge in [-0.3, -0.25) is 9.59 Å². The molecule has 1 aliphatic carbocycles. The van der Waals surface area contributed by atoms with E-state index < -0.39 is 18.2 Å². The number of rotatable bonds is 15. The highest BCUT2D eigenvalue weighted by molar-refractivity contribution is 5.99. The zero-order chi connectivity index (χ0) is 32.5. The molecule has 7 nitrogen and oxygen atoms in total. The van der Waals surface area contributed by atoms with Crippen molar-refractivity contribution in [3.8, 4) is 11.1 Å². The lowest BCUT2D eigenvalue weighted by Gasteiger charge is -2.20. The number of carbonyl (C=O) groups is 2. The highest BCUT2D eigenvalue weighted by atomic mass is 19.1. The molecule has 45 heavy (non-hydrogen) atoms. The molecule has 8 heteroatoms. The summed E-state index contributed by atoms with van der Waals surface area (Å²) >= 11 is 0. The van der Waals surface area contributed by atoms with Gasteiger partial charge in [-0.15, -0.1) is 0 Å². The van der Waals surface area contributed by atoms with Crippen LogP contribution in [0.25, 0.3) is 11.1 Å². The second-order valence-electron chi connectivity index (χ2n) is 12.0. The molecule has 4 rings (SSSR count). The van der Waals surface area contributed by atoms with Gasteiger partial charge in [0.15, 0.2) is 5.78 Å². The van der Waals surface area contributed by atoms with Crippen LogP contribution in [-0.2, 0) is 28.9 Å². The predicted molar refractivity (Wildman–Crippen MR) is 174 cm³/mol. The summed E-state index contributed by atoms with van der Waals surface area (Å²) in [5, 5.41) is 21.2. The van der Waals surface area contributed by atoms with Gasteiger partial charge in [0, 0.05) is 29.6 Å². The summed E-state index contributed by atoms with van der Waals surface area (Å²) in [4.78, 5) is 30.1. The first-order chi connectivity index (χ1) is 21.6. The number of aliphatic hydroxyl groups is 2. The van der Waals surface area contributed by atoms with Crippen LogP contribution >= 0.6 is 0 Å². The maximum Gasteiger partial charge on any atom is 0.327 e. The maximum absolute atomic E-state index is 14.4. The Hall–Kier alpha value is -3.85. The van der Waals surface area contributed by atoms with Crippen molar-refractivity contribution in [1.29, 1.82) is 0 Å². The van der Waals surface area contributed by atoms with Crippen LogP contribution in [0.5, 0.6) is 0 Å². The molecule has 2 aromatic carbocycles. The van der Waals surface area contributed by atoms with Crippen molar-refractivity contribution in [2.75, 3.05) is 0 Å². The molecule has 0 fully saturated rings. The van der Waals surface area contributed by atoms with E-state index in [1.165, 1.54) is 17.7 Å². The zero-order valence-electron chi connectivity index (χ0n) is 26.4. The summed E-state index contributed by atoms with van der Waals surface area (Å²) in [6.07, 6.45) is 9.05. The van der Waals surface area contributed by atoms with Crippen LogP contribution < -0.4 is 5.90 Å². The number of halogens is 1. The molecule has 1 aliphatic rings. The summed E-state index contributed by atoms with van der Waals surface area (Å²) in [5.41, 5.74) is 6.52. The number of nitrogens with zero attached hydrogens (tertiary/aromatic N) is 1. The Morgan fingerprint density at radius 3 is 2.36 bits per heavy atom. The van der Waals surface area contributed by atoms with E-state index in [0.717, 1.165) is 40.8 Å². The molecule has 3 unspecified atom stereocenters. The second kappa shape index (κ2) is 15.9. The van der Waals surface area contributed by atoms with E-state index in [1.807, 2.05) is 38.1 Å². The molecule has 0 saturated carbocycles. The van der Waals surface area contributed by atoms with Crippen molar-refractivity contribution in [1.82, 2.24) is 4.57 Å². The third kappa shape index (κ3) is 8.45. The standard InChI is InChI=1S/C37H45FN2O5/c1-4-25-10-8-9-11-26(25)16-21-33(43)37-36(27-12-6-5-7-13-27)35(28-14-17-29(38)18-15-28)32(40(37)24(2)3)20-19-30(41)22-31(42)23-34(44)45-39/h5-12,14-15,17-18,24,27,30-31,41-42H,4,13,16,19-23,39H2,1-3H3. The number of hydrogen-bond acceptors (Lipinski definition) is 6. The van der Waals surface area contributed by atoms with E-state index in [1.54, 1.807) is 12.1 Å². The summed E-state index contributed by atoms with van der Waals surface area (Å²) in [5.74, 6) is 3.76. The minimum absolute atomic E-state index is 0.0327. The van der Waals surface area contributed by atoms with Gasteiger partial charge < -0.3 is 19.6 Å². The molecule has 1 heterocycles. The Labute approximate surface area is 265 Å². The molecule has 4 N–H and O–H groups in total. The number of benzene rings is 2. The zero-order valence-corrected chi connectivity index (χ0v) is 26.4. The normalized spacial score (nSPS) is 15.8. The van der Waals surface area contributed by atoms with Gasteiger partial charge >= 0.3 is 5.97 Å². The Kier molecular flexibility index (Phi) is 12.0. The molecule has 240 valence electrons. The second-order valence-corrected chi connectivity index (χ2v) is 12.0. The summed E-state index contributed by atoms with van der Waals surface area (Å²) < 4.78 is 16.2. The molecular formula is C37H45FN2O5. The number of ketones is 1. The third-order valence-corrected chi connectivity index (χ3v) is 8.52. The van der Waals surface area contributed by atoms with Gasteiger partial charge in [0.05, 0.1) is 24.3 Å². The van der Waals surface area contributed by atoms with Crippen molar-refractivity contribution < 1.29 is 29.0 Å². The van der Waals surface area contributed by atoms with Crippen molar-refractivity contribution in [2.24, 2.45) is 5.90 Å². The molecule has 3 atom stereocenters. The van der Waals surface area contributed by atoms with Crippen molar-refractivity contribution in [3.05, 3.63) is 107 Å². The average Bonchev–Trinajstić information content (AvgIpc) is 3.39. The SMILES string of the molecule is CCc1ccccc1CCC(=O)c1c(C2C=CC=CC2)c(-c2ccc(F)cc2)c(CCC(O)CC(O)CC(=O)ON)n1C(C)C. The molecule has 0 saturated heterocycles.